The fourth-order valence-corrected chi connectivity index (χ4v) is 2.72. The summed E-state index contributed by atoms with van der Waals surface area (Å²) in [6.45, 7) is 4.99. The van der Waals surface area contributed by atoms with E-state index in [4.69, 9.17) is 0 Å². The number of halogens is 3. The summed E-state index contributed by atoms with van der Waals surface area (Å²) in [4.78, 5) is 0. The topological polar surface area (TPSA) is 42.2 Å². The van der Waals surface area contributed by atoms with Gasteiger partial charge in [-0.3, -0.25) is 4.40 Å². The van der Waals surface area contributed by atoms with Gasteiger partial charge in [-0.05, 0) is 31.5 Å². The first-order valence-corrected chi connectivity index (χ1v) is 7.52. The molecule has 0 aliphatic rings. The highest BCUT2D eigenvalue weighted by atomic mass is 19.4. The van der Waals surface area contributed by atoms with Crippen molar-refractivity contribution in [3.8, 4) is 0 Å². The van der Waals surface area contributed by atoms with Crippen LogP contribution in [0.2, 0.25) is 0 Å². The fourth-order valence-electron chi connectivity index (χ4n) is 2.72. The van der Waals surface area contributed by atoms with Crippen LogP contribution in [0.5, 0.6) is 0 Å². The molecule has 0 aliphatic carbocycles. The van der Waals surface area contributed by atoms with Crippen molar-refractivity contribution in [2.45, 2.75) is 33.1 Å². The van der Waals surface area contributed by atoms with E-state index in [9.17, 15) is 13.2 Å². The van der Waals surface area contributed by atoms with E-state index in [0.717, 1.165) is 17.8 Å². The van der Waals surface area contributed by atoms with Gasteiger partial charge in [-0.2, -0.15) is 13.2 Å². The number of hydrogen-bond acceptors (Lipinski definition) is 3. The fraction of sp³-hybridized carbons (Fsp3) is 0.294. The molecule has 0 amide bonds. The zero-order valence-electron chi connectivity index (χ0n) is 13.4. The number of nitrogens with one attached hydrogen (secondary N) is 1. The number of pyridine rings is 1. The predicted octanol–water partition coefficient (Wildman–Crippen LogP) is 3.65. The van der Waals surface area contributed by atoms with Crippen LogP contribution in [0, 0.1) is 13.8 Å². The third-order valence-corrected chi connectivity index (χ3v) is 3.69. The molecule has 0 spiro atoms. The molecule has 3 rings (SSSR count). The van der Waals surface area contributed by atoms with E-state index in [2.05, 4.69) is 33.7 Å². The number of nitrogens with zero attached hydrogens (tertiary/aromatic N) is 3. The highest BCUT2D eigenvalue weighted by Gasteiger charge is 2.31. The summed E-state index contributed by atoms with van der Waals surface area (Å²) in [6, 6.07) is 8.57. The van der Waals surface area contributed by atoms with Crippen LogP contribution in [-0.4, -0.2) is 14.6 Å². The normalized spacial score (nSPS) is 12.0. The molecule has 1 aromatic carbocycles. The summed E-state index contributed by atoms with van der Waals surface area (Å²) in [7, 11) is 0. The van der Waals surface area contributed by atoms with E-state index in [0.29, 0.717) is 24.6 Å². The van der Waals surface area contributed by atoms with Crippen molar-refractivity contribution in [1.29, 1.82) is 0 Å². The number of alkyl halides is 3. The van der Waals surface area contributed by atoms with Crippen molar-refractivity contribution >= 4 is 5.65 Å². The number of hydrogen-bond donors (Lipinski definition) is 1. The first kappa shape index (κ1) is 16.4. The summed E-state index contributed by atoms with van der Waals surface area (Å²) in [5.41, 5.74) is 3.15. The predicted molar refractivity (Wildman–Crippen MR) is 84.4 cm³/mol. The average molecular weight is 334 g/mol. The van der Waals surface area contributed by atoms with Gasteiger partial charge >= 0.3 is 6.18 Å². The minimum Gasteiger partial charge on any atom is -0.306 e. The van der Waals surface area contributed by atoms with Gasteiger partial charge < -0.3 is 5.32 Å². The lowest BCUT2D eigenvalue weighted by atomic mass is 10.1. The van der Waals surface area contributed by atoms with E-state index < -0.39 is 11.7 Å². The molecule has 3 aromatic rings. The molecule has 1 N–H and O–H groups in total. The Morgan fingerprint density at radius 1 is 1.00 bits per heavy atom. The number of aryl methyl sites for hydroxylation is 2. The van der Waals surface area contributed by atoms with Crippen molar-refractivity contribution in [2.75, 3.05) is 0 Å². The summed E-state index contributed by atoms with van der Waals surface area (Å²) < 4.78 is 39.9. The molecule has 2 aromatic heterocycles. The van der Waals surface area contributed by atoms with Gasteiger partial charge in [-0.15, -0.1) is 10.2 Å². The van der Waals surface area contributed by atoms with Crippen LogP contribution in [0.15, 0.2) is 36.5 Å². The van der Waals surface area contributed by atoms with Crippen molar-refractivity contribution in [2.24, 2.45) is 0 Å². The summed E-state index contributed by atoms with van der Waals surface area (Å²) in [6.07, 6.45) is -3.36. The molecule has 0 radical (unpaired) electrons. The quantitative estimate of drug-likeness (QED) is 0.792. The van der Waals surface area contributed by atoms with Crippen molar-refractivity contribution in [3.05, 3.63) is 64.6 Å². The van der Waals surface area contributed by atoms with Crippen LogP contribution in [0.1, 0.15) is 28.1 Å². The minimum atomic E-state index is -4.39. The van der Waals surface area contributed by atoms with Crippen LogP contribution in [-0.2, 0) is 19.3 Å². The molecule has 2 heterocycles. The van der Waals surface area contributed by atoms with E-state index in [-0.39, 0.29) is 0 Å². The highest BCUT2D eigenvalue weighted by Crippen LogP contribution is 2.29. The van der Waals surface area contributed by atoms with Gasteiger partial charge in [-0.25, -0.2) is 0 Å². The number of fused-ring (bicyclic) bond motifs is 1. The molecule has 0 saturated carbocycles. The largest absolute Gasteiger partial charge is 0.417 e. The zero-order valence-corrected chi connectivity index (χ0v) is 13.4. The monoisotopic (exact) mass is 334 g/mol. The highest BCUT2D eigenvalue weighted by molar-refractivity contribution is 5.40. The lowest BCUT2D eigenvalue weighted by molar-refractivity contribution is -0.137. The van der Waals surface area contributed by atoms with Crippen LogP contribution in [0.3, 0.4) is 0 Å². The molecule has 24 heavy (non-hydrogen) atoms. The summed E-state index contributed by atoms with van der Waals surface area (Å²) >= 11 is 0. The van der Waals surface area contributed by atoms with Crippen molar-refractivity contribution < 1.29 is 13.2 Å². The molecule has 0 bridgehead atoms. The average Bonchev–Trinajstić information content (AvgIpc) is 2.88. The maximum absolute atomic E-state index is 12.8. The second-order valence-electron chi connectivity index (χ2n) is 5.86. The Balaban J connectivity index is 1.75. The number of rotatable bonds is 4. The Hall–Kier alpha value is -2.41. The second-order valence-corrected chi connectivity index (χ2v) is 5.86. The Morgan fingerprint density at radius 2 is 1.71 bits per heavy atom. The number of benzene rings is 1. The molecular formula is C17H17F3N4. The number of aromatic nitrogens is 3. The SMILES string of the molecule is Cc1cc(C)cc(CNCc2nnc3ccc(C(F)(F)F)cn23)c1. The van der Waals surface area contributed by atoms with Gasteiger partial charge in [0.1, 0.15) is 0 Å². The van der Waals surface area contributed by atoms with E-state index in [1.165, 1.54) is 21.6 Å². The van der Waals surface area contributed by atoms with Gasteiger partial charge in [0.05, 0.1) is 12.1 Å². The third kappa shape index (κ3) is 3.56. The Labute approximate surface area is 137 Å². The molecule has 0 atom stereocenters. The maximum atomic E-state index is 12.8. The smallest absolute Gasteiger partial charge is 0.306 e. The maximum Gasteiger partial charge on any atom is 0.417 e. The lowest BCUT2D eigenvalue weighted by Gasteiger charge is -2.08. The first-order valence-electron chi connectivity index (χ1n) is 7.52. The van der Waals surface area contributed by atoms with Gasteiger partial charge in [0, 0.05) is 12.7 Å². The molecule has 4 nitrogen and oxygen atoms in total. The van der Waals surface area contributed by atoms with Crippen LogP contribution in [0.25, 0.3) is 5.65 Å². The molecule has 0 saturated heterocycles. The summed E-state index contributed by atoms with van der Waals surface area (Å²) in [5.74, 6) is 0.445. The Morgan fingerprint density at radius 3 is 2.38 bits per heavy atom. The lowest BCUT2D eigenvalue weighted by Crippen LogP contribution is -2.15. The van der Waals surface area contributed by atoms with Crippen molar-refractivity contribution in [1.82, 2.24) is 19.9 Å². The van der Waals surface area contributed by atoms with Crippen molar-refractivity contribution in [3.63, 3.8) is 0 Å². The van der Waals surface area contributed by atoms with Crippen LogP contribution >= 0.6 is 0 Å². The molecular weight excluding hydrogens is 317 g/mol. The first-order chi connectivity index (χ1) is 11.3. The zero-order chi connectivity index (χ0) is 17.3. The van der Waals surface area contributed by atoms with Crippen LogP contribution in [0.4, 0.5) is 13.2 Å². The Bertz CT molecular complexity index is 848. The van der Waals surface area contributed by atoms with Gasteiger partial charge in [-0.1, -0.05) is 29.3 Å². The van der Waals surface area contributed by atoms with Gasteiger partial charge in [0.2, 0.25) is 0 Å². The van der Waals surface area contributed by atoms with Crippen LogP contribution < -0.4 is 5.32 Å². The Kier molecular flexibility index (Phi) is 4.28. The van der Waals surface area contributed by atoms with E-state index >= 15 is 0 Å². The molecule has 126 valence electrons. The van der Waals surface area contributed by atoms with E-state index in [1.807, 2.05) is 13.8 Å². The second kappa shape index (κ2) is 6.24. The molecule has 7 heteroatoms. The van der Waals surface area contributed by atoms with Gasteiger partial charge in [0.25, 0.3) is 0 Å². The van der Waals surface area contributed by atoms with Gasteiger partial charge in [0.15, 0.2) is 11.5 Å². The molecule has 0 unspecified atom stereocenters. The molecule has 0 aliphatic heterocycles. The minimum absolute atomic E-state index is 0.329. The third-order valence-electron chi connectivity index (χ3n) is 3.69. The standard InChI is InChI=1S/C17H17F3N4/c1-11-5-12(2)7-13(6-11)8-21-9-16-23-22-15-4-3-14(10-24(15)16)17(18,19)20/h3-7,10,21H,8-9H2,1-2H3. The summed E-state index contributed by atoms with van der Waals surface area (Å²) in [5, 5.41) is 11.1. The molecule has 0 fully saturated rings. The van der Waals surface area contributed by atoms with E-state index in [1.54, 1.807) is 0 Å².